The monoisotopic (exact) mass is 248 g/mol. The Morgan fingerprint density at radius 2 is 2.17 bits per heavy atom. The zero-order valence-electron chi connectivity index (χ0n) is 10.2. The van der Waals surface area contributed by atoms with Crippen LogP contribution in [0.5, 0.6) is 0 Å². The zero-order valence-corrected chi connectivity index (χ0v) is 10.2. The smallest absolute Gasteiger partial charge is 0.354 e. The molecule has 5 nitrogen and oxygen atoms in total. The number of carbonyl (C=O) groups is 2. The van der Waals surface area contributed by atoms with Gasteiger partial charge in [-0.05, 0) is 37.8 Å². The standard InChI is InChI=1S/C13H16N2O3/c1-8(9-3-2-4-9)15-12(16)10-5-6-11(13(17)18)14-7-10/h5-9H,2-4H2,1H3,(H,15,16)(H,17,18). The molecule has 1 heterocycles. The van der Waals surface area contributed by atoms with E-state index in [4.69, 9.17) is 5.11 Å². The van der Waals surface area contributed by atoms with E-state index < -0.39 is 5.97 Å². The number of amides is 1. The Morgan fingerprint density at radius 3 is 2.61 bits per heavy atom. The molecule has 1 amide bonds. The number of carboxylic acids is 1. The predicted molar refractivity (Wildman–Crippen MR) is 65.5 cm³/mol. The summed E-state index contributed by atoms with van der Waals surface area (Å²) in [5, 5.41) is 11.6. The maximum atomic E-state index is 11.9. The molecule has 2 N–H and O–H groups in total. The summed E-state index contributed by atoms with van der Waals surface area (Å²) in [5.41, 5.74) is 0.338. The Bertz CT molecular complexity index is 452. The number of pyridine rings is 1. The molecule has 96 valence electrons. The first-order valence-electron chi connectivity index (χ1n) is 6.08. The first-order valence-corrected chi connectivity index (χ1v) is 6.08. The maximum Gasteiger partial charge on any atom is 0.354 e. The fourth-order valence-corrected chi connectivity index (χ4v) is 2.00. The second-order valence-corrected chi connectivity index (χ2v) is 4.69. The van der Waals surface area contributed by atoms with Crippen molar-refractivity contribution in [1.82, 2.24) is 10.3 Å². The highest BCUT2D eigenvalue weighted by molar-refractivity contribution is 5.95. The molecule has 1 unspecified atom stereocenters. The normalized spacial score (nSPS) is 16.7. The van der Waals surface area contributed by atoms with Crippen molar-refractivity contribution in [3.05, 3.63) is 29.6 Å². The number of rotatable bonds is 4. The van der Waals surface area contributed by atoms with Crippen LogP contribution in [-0.4, -0.2) is 28.0 Å². The lowest BCUT2D eigenvalue weighted by molar-refractivity contribution is 0.0689. The minimum Gasteiger partial charge on any atom is -0.477 e. The quantitative estimate of drug-likeness (QED) is 0.850. The molecule has 0 bridgehead atoms. The third-order valence-electron chi connectivity index (χ3n) is 3.46. The molecule has 1 aromatic rings. The summed E-state index contributed by atoms with van der Waals surface area (Å²) in [7, 11) is 0. The number of aromatic nitrogens is 1. The van der Waals surface area contributed by atoms with Crippen molar-refractivity contribution >= 4 is 11.9 Å². The summed E-state index contributed by atoms with van der Waals surface area (Å²) in [6, 6.07) is 2.98. The van der Waals surface area contributed by atoms with E-state index in [1.54, 1.807) is 0 Å². The molecule has 0 saturated heterocycles. The lowest BCUT2D eigenvalue weighted by Gasteiger charge is -2.31. The number of aromatic carboxylic acids is 1. The average Bonchev–Trinajstić information content (AvgIpc) is 2.26. The zero-order chi connectivity index (χ0) is 13.1. The minimum absolute atomic E-state index is 0.0569. The third kappa shape index (κ3) is 2.67. The first-order chi connectivity index (χ1) is 8.58. The van der Waals surface area contributed by atoms with Gasteiger partial charge in [-0.3, -0.25) is 4.79 Å². The van der Waals surface area contributed by atoms with Gasteiger partial charge in [-0.15, -0.1) is 0 Å². The molecule has 18 heavy (non-hydrogen) atoms. The highest BCUT2D eigenvalue weighted by atomic mass is 16.4. The predicted octanol–water partition coefficient (Wildman–Crippen LogP) is 1.70. The fourth-order valence-electron chi connectivity index (χ4n) is 2.00. The molecular weight excluding hydrogens is 232 g/mol. The Hall–Kier alpha value is -1.91. The number of carbonyl (C=O) groups excluding carboxylic acids is 1. The van der Waals surface area contributed by atoms with Crippen molar-refractivity contribution in [2.75, 3.05) is 0 Å². The molecule has 0 spiro atoms. The van der Waals surface area contributed by atoms with Crippen molar-refractivity contribution in [3.8, 4) is 0 Å². The van der Waals surface area contributed by atoms with Crippen LogP contribution in [0, 0.1) is 5.92 Å². The Kier molecular flexibility index (Phi) is 3.60. The van der Waals surface area contributed by atoms with Crippen molar-refractivity contribution < 1.29 is 14.7 Å². The lowest BCUT2D eigenvalue weighted by Crippen LogP contribution is -2.40. The third-order valence-corrected chi connectivity index (χ3v) is 3.46. The summed E-state index contributed by atoms with van der Waals surface area (Å²) in [4.78, 5) is 26.2. The Balaban J connectivity index is 1.97. The molecule has 1 fully saturated rings. The molecule has 0 aliphatic heterocycles. The van der Waals surface area contributed by atoms with Gasteiger partial charge < -0.3 is 10.4 Å². The molecule has 1 aliphatic rings. The summed E-state index contributed by atoms with van der Waals surface area (Å²) in [5.74, 6) is -0.719. The van der Waals surface area contributed by atoms with Crippen LogP contribution in [0.1, 0.15) is 47.0 Å². The number of nitrogens with zero attached hydrogens (tertiary/aromatic N) is 1. The van der Waals surface area contributed by atoms with Gasteiger partial charge in [-0.2, -0.15) is 0 Å². The van der Waals surface area contributed by atoms with Gasteiger partial charge in [-0.1, -0.05) is 6.42 Å². The van der Waals surface area contributed by atoms with Crippen molar-refractivity contribution in [3.63, 3.8) is 0 Å². The summed E-state index contributed by atoms with van der Waals surface area (Å²) < 4.78 is 0. The first kappa shape index (κ1) is 12.5. The van der Waals surface area contributed by atoms with Gasteiger partial charge in [0.2, 0.25) is 0 Å². The lowest BCUT2D eigenvalue weighted by atomic mass is 9.80. The topological polar surface area (TPSA) is 79.3 Å². The molecule has 1 atom stereocenters. The molecule has 1 aliphatic carbocycles. The molecule has 1 saturated carbocycles. The van der Waals surface area contributed by atoms with Gasteiger partial charge in [-0.25, -0.2) is 9.78 Å². The second-order valence-electron chi connectivity index (χ2n) is 4.69. The van der Waals surface area contributed by atoms with E-state index in [-0.39, 0.29) is 17.6 Å². The average molecular weight is 248 g/mol. The highest BCUT2D eigenvalue weighted by Gasteiger charge is 2.25. The van der Waals surface area contributed by atoms with E-state index in [2.05, 4.69) is 10.3 Å². The Morgan fingerprint density at radius 1 is 1.44 bits per heavy atom. The van der Waals surface area contributed by atoms with Crippen LogP contribution in [0.15, 0.2) is 18.3 Å². The van der Waals surface area contributed by atoms with Crippen LogP contribution < -0.4 is 5.32 Å². The SMILES string of the molecule is CC(NC(=O)c1ccc(C(=O)O)nc1)C1CCC1. The van der Waals surface area contributed by atoms with E-state index in [1.807, 2.05) is 6.92 Å². The van der Waals surface area contributed by atoms with Crippen molar-refractivity contribution in [2.45, 2.75) is 32.2 Å². The van der Waals surface area contributed by atoms with Crippen LogP contribution >= 0.6 is 0 Å². The molecule has 1 aromatic heterocycles. The van der Waals surface area contributed by atoms with Crippen LogP contribution in [-0.2, 0) is 0 Å². The molecule has 0 radical (unpaired) electrons. The number of carboxylic acid groups (broad SMARTS) is 1. The molecule has 0 aromatic carbocycles. The van der Waals surface area contributed by atoms with Gasteiger partial charge in [0.15, 0.2) is 0 Å². The largest absolute Gasteiger partial charge is 0.477 e. The van der Waals surface area contributed by atoms with E-state index in [1.165, 1.54) is 24.8 Å². The number of hydrogen-bond donors (Lipinski definition) is 2. The van der Waals surface area contributed by atoms with E-state index >= 15 is 0 Å². The Labute approximate surface area is 105 Å². The van der Waals surface area contributed by atoms with Gasteiger partial charge in [0.1, 0.15) is 5.69 Å². The van der Waals surface area contributed by atoms with Crippen LogP contribution in [0.2, 0.25) is 0 Å². The van der Waals surface area contributed by atoms with Gasteiger partial charge in [0.05, 0.1) is 5.56 Å². The summed E-state index contributed by atoms with van der Waals surface area (Å²) in [6.07, 6.45) is 4.86. The van der Waals surface area contributed by atoms with E-state index in [0.29, 0.717) is 11.5 Å². The van der Waals surface area contributed by atoms with Crippen LogP contribution in [0.4, 0.5) is 0 Å². The minimum atomic E-state index is -1.09. The number of nitrogens with one attached hydrogen (secondary N) is 1. The fraction of sp³-hybridized carbons (Fsp3) is 0.462. The number of hydrogen-bond acceptors (Lipinski definition) is 3. The van der Waals surface area contributed by atoms with E-state index in [0.717, 1.165) is 12.8 Å². The van der Waals surface area contributed by atoms with Crippen molar-refractivity contribution in [1.29, 1.82) is 0 Å². The second kappa shape index (κ2) is 5.16. The van der Waals surface area contributed by atoms with Gasteiger partial charge >= 0.3 is 5.97 Å². The summed E-state index contributed by atoms with van der Waals surface area (Å²) >= 11 is 0. The summed E-state index contributed by atoms with van der Waals surface area (Å²) in [6.45, 7) is 2.00. The van der Waals surface area contributed by atoms with Crippen LogP contribution in [0.25, 0.3) is 0 Å². The van der Waals surface area contributed by atoms with Crippen molar-refractivity contribution in [2.24, 2.45) is 5.92 Å². The van der Waals surface area contributed by atoms with E-state index in [9.17, 15) is 9.59 Å². The van der Waals surface area contributed by atoms with Gasteiger partial charge in [0, 0.05) is 12.2 Å². The highest BCUT2D eigenvalue weighted by Crippen LogP contribution is 2.29. The molecule has 5 heteroatoms. The molecular formula is C13H16N2O3. The van der Waals surface area contributed by atoms with Gasteiger partial charge in [0.25, 0.3) is 5.91 Å². The maximum absolute atomic E-state index is 11.9. The molecule has 2 rings (SSSR count). The van der Waals surface area contributed by atoms with Crippen LogP contribution in [0.3, 0.4) is 0 Å².